The van der Waals surface area contributed by atoms with Crippen molar-refractivity contribution in [3.8, 4) is 0 Å². The molecule has 6 heteroatoms. The number of rotatable bonds is 9. The van der Waals surface area contributed by atoms with Gasteiger partial charge in [-0.2, -0.15) is 0 Å². The second-order valence-corrected chi connectivity index (χ2v) is 7.93. The highest BCUT2D eigenvalue weighted by molar-refractivity contribution is 5.94. The summed E-state index contributed by atoms with van der Waals surface area (Å²) in [5.41, 5.74) is 1.79. The Kier molecular flexibility index (Phi) is 8.64. The van der Waals surface area contributed by atoms with Crippen molar-refractivity contribution in [1.82, 2.24) is 15.5 Å². The van der Waals surface area contributed by atoms with Gasteiger partial charge >= 0.3 is 0 Å². The van der Waals surface area contributed by atoms with Crippen LogP contribution in [0.15, 0.2) is 60.7 Å². The highest BCUT2D eigenvalue weighted by atomic mass is 16.2. The van der Waals surface area contributed by atoms with Crippen LogP contribution in [-0.4, -0.2) is 48.3 Å². The Morgan fingerprint density at radius 2 is 1.52 bits per heavy atom. The first-order valence-electron chi connectivity index (χ1n) is 11.1. The number of nitrogens with zero attached hydrogens (tertiary/aromatic N) is 1. The maximum absolute atomic E-state index is 12.4. The van der Waals surface area contributed by atoms with Crippen LogP contribution in [0.25, 0.3) is 0 Å². The topological polar surface area (TPSA) is 78.5 Å². The molecule has 0 aliphatic carbocycles. The van der Waals surface area contributed by atoms with E-state index in [9.17, 15) is 14.4 Å². The van der Waals surface area contributed by atoms with E-state index >= 15 is 0 Å². The minimum atomic E-state index is -0.114. The summed E-state index contributed by atoms with van der Waals surface area (Å²) in [5, 5.41) is 5.96. The summed E-state index contributed by atoms with van der Waals surface area (Å²) in [6, 6.07) is 19.2. The lowest BCUT2D eigenvalue weighted by molar-refractivity contribution is -0.132. The molecule has 164 valence electrons. The molecule has 0 saturated carbocycles. The third-order valence-electron chi connectivity index (χ3n) is 5.59. The summed E-state index contributed by atoms with van der Waals surface area (Å²) >= 11 is 0. The Morgan fingerprint density at radius 3 is 2.19 bits per heavy atom. The fourth-order valence-electron chi connectivity index (χ4n) is 3.77. The fourth-order valence-corrected chi connectivity index (χ4v) is 3.77. The molecule has 2 aromatic rings. The molecule has 1 aliphatic heterocycles. The van der Waals surface area contributed by atoms with Gasteiger partial charge in [-0.3, -0.25) is 14.4 Å². The van der Waals surface area contributed by atoms with Gasteiger partial charge in [0, 0.05) is 44.1 Å². The van der Waals surface area contributed by atoms with Crippen molar-refractivity contribution in [1.29, 1.82) is 0 Å². The predicted octanol–water partition coefficient (Wildman–Crippen LogP) is 2.94. The van der Waals surface area contributed by atoms with Gasteiger partial charge in [-0.05, 0) is 43.4 Å². The summed E-state index contributed by atoms with van der Waals surface area (Å²) in [6.07, 6.45) is 3.83. The Morgan fingerprint density at radius 1 is 0.871 bits per heavy atom. The molecule has 2 N–H and O–H groups in total. The van der Waals surface area contributed by atoms with E-state index in [0.717, 1.165) is 24.8 Å². The van der Waals surface area contributed by atoms with Crippen LogP contribution < -0.4 is 10.6 Å². The molecule has 0 atom stereocenters. The molecule has 1 heterocycles. The summed E-state index contributed by atoms with van der Waals surface area (Å²) in [5.74, 6) is 0.0717. The fraction of sp³-hybridized carbons (Fsp3) is 0.400. The van der Waals surface area contributed by atoms with Crippen molar-refractivity contribution in [2.75, 3.05) is 19.6 Å². The van der Waals surface area contributed by atoms with Crippen LogP contribution in [0, 0.1) is 0 Å². The van der Waals surface area contributed by atoms with Gasteiger partial charge in [-0.15, -0.1) is 0 Å². The molecule has 0 radical (unpaired) electrons. The van der Waals surface area contributed by atoms with Crippen LogP contribution in [0.4, 0.5) is 0 Å². The smallest absolute Gasteiger partial charge is 0.251 e. The van der Waals surface area contributed by atoms with Gasteiger partial charge in [0.15, 0.2) is 0 Å². The van der Waals surface area contributed by atoms with E-state index in [1.54, 1.807) is 12.1 Å². The van der Waals surface area contributed by atoms with Gasteiger partial charge < -0.3 is 15.5 Å². The molecular weight excluding hydrogens is 390 g/mol. The third kappa shape index (κ3) is 7.55. The Balaban J connectivity index is 1.28. The number of amides is 3. The van der Waals surface area contributed by atoms with Crippen LogP contribution >= 0.6 is 0 Å². The van der Waals surface area contributed by atoms with Gasteiger partial charge in [0.05, 0.1) is 0 Å². The molecular formula is C25H31N3O3. The van der Waals surface area contributed by atoms with Gasteiger partial charge in [0.2, 0.25) is 11.8 Å². The van der Waals surface area contributed by atoms with E-state index in [1.165, 1.54) is 0 Å². The van der Waals surface area contributed by atoms with Gasteiger partial charge in [-0.1, -0.05) is 48.5 Å². The van der Waals surface area contributed by atoms with E-state index in [4.69, 9.17) is 0 Å². The molecule has 3 rings (SSSR count). The molecule has 0 bridgehead atoms. The molecule has 6 nitrogen and oxygen atoms in total. The zero-order valence-corrected chi connectivity index (χ0v) is 17.9. The van der Waals surface area contributed by atoms with Crippen molar-refractivity contribution < 1.29 is 14.4 Å². The maximum Gasteiger partial charge on any atom is 0.251 e. The first-order chi connectivity index (χ1) is 15.1. The third-order valence-corrected chi connectivity index (χ3v) is 5.59. The SMILES string of the molecule is O=C(CCc1ccccc1)NC1CCN(C(=O)CCCNC(=O)c2ccccc2)CC1. The zero-order chi connectivity index (χ0) is 21.9. The van der Waals surface area contributed by atoms with Crippen molar-refractivity contribution in [2.24, 2.45) is 0 Å². The largest absolute Gasteiger partial charge is 0.353 e. The van der Waals surface area contributed by atoms with Crippen LogP contribution in [0.1, 0.15) is 48.0 Å². The first-order valence-corrected chi connectivity index (χ1v) is 11.1. The summed E-state index contributed by atoms with van der Waals surface area (Å²) in [4.78, 5) is 38.5. The maximum atomic E-state index is 12.4. The Labute approximate surface area is 184 Å². The molecule has 0 aromatic heterocycles. The lowest BCUT2D eigenvalue weighted by atomic mass is 10.0. The number of aryl methyl sites for hydroxylation is 1. The lowest BCUT2D eigenvalue weighted by Crippen LogP contribution is -2.46. The van der Waals surface area contributed by atoms with E-state index in [-0.39, 0.29) is 23.8 Å². The van der Waals surface area contributed by atoms with E-state index in [2.05, 4.69) is 10.6 Å². The zero-order valence-electron chi connectivity index (χ0n) is 17.9. The molecule has 0 unspecified atom stereocenters. The normalized spacial score (nSPS) is 14.1. The summed E-state index contributed by atoms with van der Waals surface area (Å²) in [7, 11) is 0. The number of benzene rings is 2. The van der Waals surface area contributed by atoms with Crippen LogP contribution in [-0.2, 0) is 16.0 Å². The molecule has 1 fully saturated rings. The van der Waals surface area contributed by atoms with Crippen LogP contribution in [0.3, 0.4) is 0 Å². The number of piperidine rings is 1. The first kappa shape index (κ1) is 22.5. The lowest BCUT2D eigenvalue weighted by Gasteiger charge is -2.32. The van der Waals surface area contributed by atoms with Crippen molar-refractivity contribution in [2.45, 2.75) is 44.6 Å². The average Bonchev–Trinajstić information content (AvgIpc) is 2.82. The molecule has 2 aromatic carbocycles. The minimum absolute atomic E-state index is 0.0720. The Hall–Kier alpha value is -3.15. The number of hydrogen-bond donors (Lipinski definition) is 2. The Bertz CT molecular complexity index is 847. The van der Waals surface area contributed by atoms with Crippen molar-refractivity contribution in [3.63, 3.8) is 0 Å². The van der Waals surface area contributed by atoms with Gasteiger partial charge in [0.1, 0.15) is 0 Å². The van der Waals surface area contributed by atoms with Crippen LogP contribution in [0.5, 0.6) is 0 Å². The predicted molar refractivity (Wildman–Crippen MR) is 121 cm³/mol. The molecule has 31 heavy (non-hydrogen) atoms. The van der Waals surface area contributed by atoms with Gasteiger partial charge in [-0.25, -0.2) is 0 Å². The van der Waals surface area contributed by atoms with E-state index in [1.807, 2.05) is 53.4 Å². The molecule has 3 amide bonds. The monoisotopic (exact) mass is 421 g/mol. The highest BCUT2D eigenvalue weighted by Gasteiger charge is 2.23. The standard InChI is InChI=1S/C25H31N3O3/c29-23(14-13-20-8-3-1-4-9-20)27-22-15-18-28(19-16-22)24(30)12-7-17-26-25(31)21-10-5-2-6-11-21/h1-6,8-11,22H,7,12-19H2,(H,26,31)(H,27,29). The second kappa shape index (κ2) is 11.9. The highest BCUT2D eigenvalue weighted by Crippen LogP contribution is 2.13. The van der Waals surface area contributed by atoms with E-state index in [0.29, 0.717) is 44.5 Å². The summed E-state index contributed by atoms with van der Waals surface area (Å²) in [6.45, 7) is 1.81. The summed E-state index contributed by atoms with van der Waals surface area (Å²) < 4.78 is 0. The van der Waals surface area contributed by atoms with Crippen molar-refractivity contribution in [3.05, 3.63) is 71.8 Å². The quantitative estimate of drug-likeness (QED) is 0.611. The van der Waals surface area contributed by atoms with E-state index < -0.39 is 0 Å². The number of hydrogen-bond acceptors (Lipinski definition) is 3. The molecule has 1 saturated heterocycles. The number of carbonyl (C=O) groups excluding carboxylic acids is 3. The minimum Gasteiger partial charge on any atom is -0.353 e. The van der Waals surface area contributed by atoms with Crippen molar-refractivity contribution >= 4 is 17.7 Å². The van der Waals surface area contributed by atoms with Crippen LogP contribution in [0.2, 0.25) is 0 Å². The molecule has 1 aliphatic rings. The van der Waals surface area contributed by atoms with Gasteiger partial charge in [0.25, 0.3) is 5.91 Å². The number of nitrogens with one attached hydrogen (secondary N) is 2. The number of likely N-dealkylation sites (tertiary alicyclic amines) is 1. The average molecular weight is 422 g/mol. The second-order valence-electron chi connectivity index (χ2n) is 7.93. The number of carbonyl (C=O) groups is 3. The molecule has 0 spiro atoms.